The first-order valence-electron chi connectivity index (χ1n) is 5.78. The Labute approximate surface area is 106 Å². The smallest absolute Gasteiger partial charge is 0.273 e. The summed E-state index contributed by atoms with van der Waals surface area (Å²) in [5.74, 6) is -0.232. The van der Waals surface area contributed by atoms with E-state index in [0.717, 1.165) is 6.42 Å². The van der Waals surface area contributed by atoms with Gasteiger partial charge in [0.25, 0.3) is 5.91 Å². The van der Waals surface area contributed by atoms with Gasteiger partial charge >= 0.3 is 0 Å². The number of nitrogens with zero attached hydrogens (tertiary/aromatic N) is 2. The highest BCUT2D eigenvalue weighted by atomic mass is 16.1. The third-order valence-corrected chi connectivity index (χ3v) is 2.61. The molecule has 1 aromatic heterocycles. The van der Waals surface area contributed by atoms with E-state index in [0.29, 0.717) is 12.2 Å². The lowest BCUT2D eigenvalue weighted by Crippen LogP contribution is -2.26. The summed E-state index contributed by atoms with van der Waals surface area (Å²) < 4.78 is 1.53. The summed E-state index contributed by atoms with van der Waals surface area (Å²) in [7, 11) is 1.73. The molecule has 0 aliphatic carbocycles. The van der Waals surface area contributed by atoms with Crippen LogP contribution in [-0.2, 0) is 13.5 Å². The maximum absolute atomic E-state index is 11.8. The summed E-state index contributed by atoms with van der Waals surface area (Å²) in [6.07, 6.45) is 2.41. The van der Waals surface area contributed by atoms with Crippen LogP contribution in [0, 0.1) is 0 Å². The third-order valence-electron chi connectivity index (χ3n) is 2.61. The van der Waals surface area contributed by atoms with E-state index in [9.17, 15) is 4.79 Å². The summed E-state index contributed by atoms with van der Waals surface area (Å²) >= 11 is 0. The van der Waals surface area contributed by atoms with Crippen molar-refractivity contribution in [3.8, 4) is 0 Å². The van der Waals surface area contributed by atoms with Crippen molar-refractivity contribution in [2.75, 3.05) is 12.3 Å². The number of aryl methyl sites for hydroxylation is 1. The number of nitrogen functional groups attached to an aromatic ring is 1. The van der Waals surface area contributed by atoms with Crippen LogP contribution in [0.5, 0.6) is 0 Å². The molecule has 0 aliphatic heterocycles. The predicted octanol–water partition coefficient (Wildman–Crippen LogP) is 0.975. The zero-order valence-corrected chi connectivity index (χ0v) is 10.3. The summed E-state index contributed by atoms with van der Waals surface area (Å²) in [5, 5.41) is 6.82. The van der Waals surface area contributed by atoms with Crippen LogP contribution in [0.2, 0.25) is 0 Å². The fraction of sp³-hybridized carbons (Fsp3) is 0.231. The average molecular weight is 244 g/mol. The maximum atomic E-state index is 11.8. The van der Waals surface area contributed by atoms with Crippen molar-refractivity contribution >= 4 is 11.6 Å². The van der Waals surface area contributed by atoms with Crippen LogP contribution in [0.15, 0.2) is 36.5 Å². The van der Waals surface area contributed by atoms with E-state index in [1.165, 1.54) is 10.2 Å². The molecule has 0 saturated heterocycles. The van der Waals surface area contributed by atoms with E-state index in [1.807, 2.05) is 30.3 Å². The van der Waals surface area contributed by atoms with Gasteiger partial charge in [-0.05, 0) is 12.0 Å². The maximum Gasteiger partial charge on any atom is 0.273 e. The van der Waals surface area contributed by atoms with Crippen molar-refractivity contribution in [1.82, 2.24) is 15.1 Å². The molecule has 0 radical (unpaired) electrons. The second-order valence-corrected chi connectivity index (χ2v) is 4.10. The van der Waals surface area contributed by atoms with Gasteiger partial charge in [0.05, 0.1) is 5.69 Å². The molecule has 3 N–H and O–H groups in total. The molecule has 0 aliphatic rings. The van der Waals surface area contributed by atoms with Crippen molar-refractivity contribution in [3.05, 3.63) is 47.8 Å². The first-order chi connectivity index (χ1) is 8.66. The second kappa shape index (κ2) is 5.35. The van der Waals surface area contributed by atoms with Crippen molar-refractivity contribution in [2.45, 2.75) is 6.42 Å². The molecule has 1 heterocycles. The van der Waals surface area contributed by atoms with Gasteiger partial charge in [-0.25, -0.2) is 0 Å². The number of nitrogens with two attached hydrogens (primary N) is 1. The third kappa shape index (κ3) is 2.88. The molecule has 0 saturated carbocycles. The lowest BCUT2D eigenvalue weighted by atomic mass is 10.1. The minimum absolute atomic E-state index is 0.232. The fourth-order valence-electron chi connectivity index (χ4n) is 1.73. The molecule has 0 spiro atoms. The molecule has 0 fully saturated rings. The van der Waals surface area contributed by atoms with Crippen molar-refractivity contribution in [3.63, 3.8) is 0 Å². The number of aromatic nitrogens is 2. The van der Waals surface area contributed by atoms with Crippen LogP contribution in [0.3, 0.4) is 0 Å². The van der Waals surface area contributed by atoms with Crippen LogP contribution >= 0.6 is 0 Å². The quantitative estimate of drug-likeness (QED) is 0.842. The molecule has 1 amide bonds. The number of nitrogens with one attached hydrogen (secondary N) is 1. The van der Waals surface area contributed by atoms with E-state index in [-0.39, 0.29) is 11.6 Å². The Balaban J connectivity index is 1.87. The topological polar surface area (TPSA) is 72.9 Å². The Morgan fingerprint density at radius 1 is 1.39 bits per heavy atom. The molecular formula is C13H16N4O. The van der Waals surface area contributed by atoms with Gasteiger partial charge in [-0.3, -0.25) is 9.48 Å². The number of hydrogen-bond donors (Lipinski definition) is 2. The van der Waals surface area contributed by atoms with E-state index in [1.54, 1.807) is 13.2 Å². The molecule has 94 valence electrons. The van der Waals surface area contributed by atoms with Crippen LogP contribution in [0.25, 0.3) is 0 Å². The number of anilines is 1. The van der Waals surface area contributed by atoms with E-state index in [4.69, 9.17) is 5.73 Å². The SMILES string of the molecule is Cn1cc(N)c(C(=O)NCCc2ccccc2)n1. The minimum atomic E-state index is -0.232. The predicted molar refractivity (Wildman–Crippen MR) is 70.1 cm³/mol. The Bertz CT molecular complexity index is 533. The summed E-state index contributed by atoms with van der Waals surface area (Å²) in [6, 6.07) is 9.99. The van der Waals surface area contributed by atoms with Crippen molar-refractivity contribution < 1.29 is 4.79 Å². The number of carbonyl (C=O) groups is 1. The summed E-state index contributed by atoms with van der Waals surface area (Å²) in [5.41, 5.74) is 7.55. The molecule has 0 unspecified atom stereocenters. The molecular weight excluding hydrogens is 228 g/mol. The number of rotatable bonds is 4. The molecule has 2 rings (SSSR count). The van der Waals surface area contributed by atoms with E-state index >= 15 is 0 Å². The highest BCUT2D eigenvalue weighted by molar-refractivity contribution is 5.96. The molecule has 5 nitrogen and oxygen atoms in total. The normalized spacial score (nSPS) is 10.3. The number of hydrogen-bond acceptors (Lipinski definition) is 3. The lowest BCUT2D eigenvalue weighted by Gasteiger charge is -2.03. The first kappa shape index (κ1) is 12.2. The molecule has 2 aromatic rings. The molecule has 0 atom stereocenters. The van der Waals surface area contributed by atoms with Crippen LogP contribution in [-0.4, -0.2) is 22.2 Å². The van der Waals surface area contributed by atoms with E-state index < -0.39 is 0 Å². The number of amides is 1. The standard InChI is InChI=1S/C13H16N4O/c1-17-9-11(14)12(16-17)13(18)15-8-7-10-5-3-2-4-6-10/h2-6,9H,7-8,14H2,1H3,(H,15,18). The van der Waals surface area contributed by atoms with E-state index in [2.05, 4.69) is 10.4 Å². The Kier molecular flexibility index (Phi) is 3.62. The molecule has 1 aromatic carbocycles. The minimum Gasteiger partial charge on any atom is -0.396 e. The monoisotopic (exact) mass is 244 g/mol. The lowest BCUT2D eigenvalue weighted by molar-refractivity contribution is 0.0949. The Morgan fingerprint density at radius 3 is 2.72 bits per heavy atom. The van der Waals surface area contributed by atoms with Gasteiger partial charge in [0.2, 0.25) is 0 Å². The molecule has 5 heteroatoms. The highest BCUT2D eigenvalue weighted by Crippen LogP contribution is 2.07. The zero-order chi connectivity index (χ0) is 13.0. The van der Waals surface area contributed by atoms with Gasteiger partial charge in [-0.15, -0.1) is 0 Å². The summed E-state index contributed by atoms with van der Waals surface area (Å²) in [6.45, 7) is 0.568. The highest BCUT2D eigenvalue weighted by Gasteiger charge is 2.12. The van der Waals surface area contributed by atoms with Crippen LogP contribution < -0.4 is 11.1 Å². The van der Waals surface area contributed by atoms with Gasteiger partial charge in [-0.1, -0.05) is 30.3 Å². The number of benzene rings is 1. The number of carbonyl (C=O) groups excluding carboxylic acids is 1. The van der Waals surface area contributed by atoms with Crippen molar-refractivity contribution in [1.29, 1.82) is 0 Å². The first-order valence-corrected chi connectivity index (χ1v) is 5.78. The Morgan fingerprint density at radius 2 is 2.11 bits per heavy atom. The van der Waals surface area contributed by atoms with Gasteiger partial charge < -0.3 is 11.1 Å². The van der Waals surface area contributed by atoms with Gasteiger partial charge in [0.15, 0.2) is 5.69 Å². The van der Waals surface area contributed by atoms with Gasteiger partial charge in [0.1, 0.15) is 0 Å². The van der Waals surface area contributed by atoms with Crippen molar-refractivity contribution in [2.24, 2.45) is 7.05 Å². The second-order valence-electron chi connectivity index (χ2n) is 4.10. The zero-order valence-electron chi connectivity index (χ0n) is 10.3. The Hall–Kier alpha value is -2.30. The molecule has 18 heavy (non-hydrogen) atoms. The van der Waals surface area contributed by atoms with Gasteiger partial charge in [-0.2, -0.15) is 5.10 Å². The summed E-state index contributed by atoms with van der Waals surface area (Å²) in [4.78, 5) is 11.8. The molecule has 0 bridgehead atoms. The average Bonchev–Trinajstić information content (AvgIpc) is 2.70. The van der Waals surface area contributed by atoms with Crippen LogP contribution in [0.4, 0.5) is 5.69 Å². The van der Waals surface area contributed by atoms with Crippen LogP contribution in [0.1, 0.15) is 16.1 Å². The fourth-order valence-corrected chi connectivity index (χ4v) is 1.73. The van der Waals surface area contributed by atoms with Gasteiger partial charge in [0, 0.05) is 19.8 Å². The largest absolute Gasteiger partial charge is 0.396 e.